The number of hydrogen-bond donors (Lipinski definition) is 1. The maximum Gasteiger partial charge on any atom is 0.276 e. The number of nitrogens with zero attached hydrogens (tertiary/aromatic N) is 2. The number of nitrogens with one attached hydrogen (secondary N) is 1. The number of benzene rings is 2. The molecule has 9 heteroatoms. The number of carbonyl (C=O) groups is 1. The molecular weight excluding hydrogens is 469 g/mol. The van der Waals surface area contributed by atoms with Crippen LogP contribution in [0.1, 0.15) is 11.1 Å². The van der Waals surface area contributed by atoms with Gasteiger partial charge in [-0.3, -0.25) is 14.2 Å². The molecule has 0 bridgehead atoms. The van der Waals surface area contributed by atoms with Crippen molar-refractivity contribution in [3.8, 4) is 5.69 Å². The van der Waals surface area contributed by atoms with Gasteiger partial charge >= 0.3 is 0 Å². The first kappa shape index (κ1) is 22.5. The van der Waals surface area contributed by atoms with Gasteiger partial charge in [-0.1, -0.05) is 35.5 Å². The fourth-order valence-corrected chi connectivity index (χ4v) is 4.97. The first-order valence-electron chi connectivity index (χ1n) is 9.83. The number of aryl methyl sites for hydroxylation is 1. The summed E-state index contributed by atoms with van der Waals surface area (Å²) in [6.07, 6.45) is 0.687. The second-order valence-corrected chi connectivity index (χ2v) is 9.41. The molecule has 0 saturated heterocycles. The molecule has 0 aliphatic rings. The Hall–Kier alpha value is -2.68. The first-order chi connectivity index (χ1) is 15.4. The molecule has 0 spiro atoms. The first-order valence-corrected chi connectivity index (χ1v) is 12.1. The molecule has 4 aromatic rings. The topological polar surface area (TPSA) is 64.0 Å². The lowest BCUT2D eigenvalue weighted by molar-refractivity contribution is -0.118. The largest absolute Gasteiger partial charge is 0.355 e. The molecule has 0 fully saturated rings. The van der Waals surface area contributed by atoms with E-state index < -0.39 is 0 Å². The normalized spacial score (nSPS) is 11.1. The van der Waals surface area contributed by atoms with Gasteiger partial charge in [-0.05, 0) is 66.2 Å². The number of aromatic nitrogens is 2. The molecule has 0 atom stereocenters. The van der Waals surface area contributed by atoms with Gasteiger partial charge in [0.15, 0.2) is 5.16 Å². The van der Waals surface area contributed by atoms with Crippen molar-refractivity contribution in [1.82, 2.24) is 14.9 Å². The molecule has 0 radical (unpaired) electrons. The van der Waals surface area contributed by atoms with Crippen LogP contribution >= 0.6 is 34.7 Å². The molecule has 4 rings (SSSR count). The number of fused-ring (bicyclic) bond motifs is 1. The summed E-state index contributed by atoms with van der Waals surface area (Å²) in [6, 6.07) is 13.5. The van der Waals surface area contributed by atoms with Crippen LogP contribution < -0.4 is 10.9 Å². The van der Waals surface area contributed by atoms with Gasteiger partial charge in [-0.15, -0.1) is 11.3 Å². The van der Waals surface area contributed by atoms with E-state index in [-0.39, 0.29) is 23.0 Å². The van der Waals surface area contributed by atoms with Crippen LogP contribution in [0.15, 0.2) is 63.9 Å². The molecule has 5 nitrogen and oxygen atoms in total. The Balaban J connectivity index is 1.51. The highest BCUT2D eigenvalue weighted by atomic mass is 35.5. The summed E-state index contributed by atoms with van der Waals surface area (Å²) in [5.74, 6) is -0.437. The van der Waals surface area contributed by atoms with Crippen LogP contribution in [0.25, 0.3) is 15.9 Å². The van der Waals surface area contributed by atoms with Crippen molar-refractivity contribution in [1.29, 1.82) is 0 Å². The molecule has 0 aliphatic carbocycles. The Morgan fingerprint density at radius 1 is 1.22 bits per heavy atom. The van der Waals surface area contributed by atoms with E-state index in [4.69, 9.17) is 11.6 Å². The van der Waals surface area contributed by atoms with E-state index in [2.05, 4.69) is 10.3 Å². The zero-order valence-corrected chi connectivity index (χ0v) is 19.5. The molecule has 32 heavy (non-hydrogen) atoms. The van der Waals surface area contributed by atoms with Crippen molar-refractivity contribution in [2.45, 2.75) is 18.5 Å². The van der Waals surface area contributed by atoms with Gasteiger partial charge in [-0.2, -0.15) is 0 Å². The molecule has 2 aromatic heterocycles. The number of amides is 1. The van der Waals surface area contributed by atoms with Crippen molar-refractivity contribution < 1.29 is 9.18 Å². The van der Waals surface area contributed by atoms with Crippen molar-refractivity contribution in [3.63, 3.8) is 0 Å². The molecule has 1 amide bonds. The Morgan fingerprint density at radius 3 is 2.75 bits per heavy atom. The maximum atomic E-state index is 13.6. The van der Waals surface area contributed by atoms with Crippen LogP contribution in [0.4, 0.5) is 4.39 Å². The number of thiophene rings is 1. The molecule has 0 aliphatic heterocycles. The Kier molecular flexibility index (Phi) is 6.93. The number of halogens is 2. The van der Waals surface area contributed by atoms with Crippen molar-refractivity contribution in [2.75, 3.05) is 12.3 Å². The van der Waals surface area contributed by atoms with Gasteiger partial charge in [-0.25, -0.2) is 9.37 Å². The summed E-state index contributed by atoms with van der Waals surface area (Å²) in [5, 5.41) is 5.75. The minimum absolute atomic E-state index is 0.100. The van der Waals surface area contributed by atoms with E-state index in [1.54, 1.807) is 24.4 Å². The SMILES string of the molecule is Cc1cc(F)ccc1-n1c(SCC(=O)NCCc2ccc(Cl)cc2)nc2ccsc2c1=O. The van der Waals surface area contributed by atoms with Crippen LogP contribution in [0.5, 0.6) is 0 Å². The summed E-state index contributed by atoms with van der Waals surface area (Å²) in [7, 11) is 0. The second kappa shape index (κ2) is 9.85. The highest BCUT2D eigenvalue weighted by molar-refractivity contribution is 7.99. The Bertz CT molecular complexity index is 1340. The minimum Gasteiger partial charge on any atom is -0.355 e. The zero-order valence-electron chi connectivity index (χ0n) is 17.1. The van der Waals surface area contributed by atoms with E-state index in [0.29, 0.717) is 44.6 Å². The van der Waals surface area contributed by atoms with E-state index in [0.717, 1.165) is 5.56 Å². The van der Waals surface area contributed by atoms with Gasteiger partial charge in [0, 0.05) is 11.6 Å². The highest BCUT2D eigenvalue weighted by Gasteiger charge is 2.17. The lowest BCUT2D eigenvalue weighted by Crippen LogP contribution is -2.28. The molecule has 164 valence electrons. The van der Waals surface area contributed by atoms with Crippen molar-refractivity contribution in [3.05, 3.63) is 86.2 Å². The maximum absolute atomic E-state index is 13.6. The fraction of sp³-hybridized carbons (Fsp3) is 0.174. The van der Waals surface area contributed by atoms with Gasteiger partial charge < -0.3 is 5.32 Å². The zero-order chi connectivity index (χ0) is 22.7. The van der Waals surface area contributed by atoms with Gasteiger partial charge in [0.05, 0.1) is 17.0 Å². The van der Waals surface area contributed by atoms with E-state index >= 15 is 0 Å². The monoisotopic (exact) mass is 487 g/mol. The summed E-state index contributed by atoms with van der Waals surface area (Å²) in [5.41, 5.74) is 2.59. The predicted octanol–water partition coefficient (Wildman–Crippen LogP) is 5.00. The third kappa shape index (κ3) is 5.03. The Labute approximate surface area is 197 Å². The average Bonchev–Trinajstić information content (AvgIpc) is 3.24. The van der Waals surface area contributed by atoms with Crippen LogP contribution in [0.3, 0.4) is 0 Å². The van der Waals surface area contributed by atoms with Crippen molar-refractivity contribution in [2.24, 2.45) is 0 Å². The molecule has 0 unspecified atom stereocenters. The van der Waals surface area contributed by atoms with E-state index in [1.165, 1.54) is 39.8 Å². The van der Waals surface area contributed by atoms with Crippen LogP contribution in [0.2, 0.25) is 5.02 Å². The van der Waals surface area contributed by atoms with Crippen LogP contribution in [-0.4, -0.2) is 27.8 Å². The molecule has 1 N–H and O–H groups in total. The molecular formula is C23H19ClFN3O2S2. The molecule has 0 saturated carbocycles. The number of carbonyl (C=O) groups excluding carboxylic acids is 1. The summed E-state index contributed by atoms with van der Waals surface area (Å²) >= 11 is 8.37. The van der Waals surface area contributed by atoms with E-state index in [1.807, 2.05) is 24.3 Å². The standard InChI is InChI=1S/C23H19ClFN3O2S2/c1-14-12-17(25)6-7-19(14)28-22(30)21-18(9-11-31-21)27-23(28)32-13-20(29)26-10-8-15-2-4-16(24)5-3-15/h2-7,9,11-12H,8,10,13H2,1H3,(H,26,29). The third-order valence-electron chi connectivity index (χ3n) is 4.83. The van der Waals surface area contributed by atoms with Crippen LogP contribution in [0, 0.1) is 12.7 Å². The fourth-order valence-electron chi connectivity index (χ4n) is 3.25. The Morgan fingerprint density at radius 2 is 2.00 bits per heavy atom. The summed E-state index contributed by atoms with van der Waals surface area (Å²) < 4.78 is 15.6. The third-order valence-corrected chi connectivity index (χ3v) is 6.91. The van der Waals surface area contributed by atoms with Crippen LogP contribution in [-0.2, 0) is 11.2 Å². The molecule has 2 heterocycles. The average molecular weight is 488 g/mol. The summed E-state index contributed by atoms with van der Waals surface area (Å²) in [4.78, 5) is 30.2. The van der Waals surface area contributed by atoms with E-state index in [9.17, 15) is 14.0 Å². The highest BCUT2D eigenvalue weighted by Crippen LogP contribution is 2.25. The smallest absolute Gasteiger partial charge is 0.276 e. The van der Waals surface area contributed by atoms with Crippen molar-refractivity contribution >= 4 is 50.8 Å². The summed E-state index contributed by atoms with van der Waals surface area (Å²) in [6.45, 7) is 2.23. The number of thioether (sulfide) groups is 1. The lowest BCUT2D eigenvalue weighted by atomic mass is 10.1. The number of hydrogen-bond acceptors (Lipinski definition) is 5. The van der Waals surface area contributed by atoms with Gasteiger partial charge in [0.2, 0.25) is 5.91 Å². The predicted molar refractivity (Wildman–Crippen MR) is 129 cm³/mol. The molecule has 2 aromatic carbocycles. The lowest BCUT2D eigenvalue weighted by Gasteiger charge is -2.14. The number of rotatable bonds is 7. The minimum atomic E-state index is -0.376. The van der Waals surface area contributed by atoms with Gasteiger partial charge in [0.1, 0.15) is 10.5 Å². The second-order valence-electron chi connectivity index (χ2n) is 7.12. The quantitative estimate of drug-likeness (QED) is 0.294. The van der Waals surface area contributed by atoms with Gasteiger partial charge in [0.25, 0.3) is 5.56 Å².